The number of carbonyl (C=O) groups is 1. The maximum absolute atomic E-state index is 12.8. The van der Waals surface area contributed by atoms with E-state index in [1.54, 1.807) is 7.11 Å². The number of nitrogens with zero attached hydrogens (tertiary/aromatic N) is 3. The van der Waals surface area contributed by atoms with Crippen LogP contribution in [-0.4, -0.2) is 41.7 Å². The molecule has 1 fully saturated rings. The molecule has 0 saturated carbocycles. The number of aromatic nitrogens is 2. The van der Waals surface area contributed by atoms with Gasteiger partial charge in [-0.05, 0) is 31.4 Å². The molecule has 2 aromatic rings. The summed E-state index contributed by atoms with van der Waals surface area (Å²) in [6.07, 6.45) is 7.54. The van der Waals surface area contributed by atoms with Crippen LogP contribution in [-0.2, 0) is 17.8 Å². The van der Waals surface area contributed by atoms with Crippen molar-refractivity contribution in [3.05, 3.63) is 42.5 Å². The fraction of sp³-hybridized carbons (Fsp3) is 0.500. The summed E-state index contributed by atoms with van der Waals surface area (Å²) in [6, 6.07) is 8.35. The minimum absolute atomic E-state index is 0.0615. The highest BCUT2D eigenvalue weighted by Crippen LogP contribution is 2.25. The van der Waals surface area contributed by atoms with Crippen LogP contribution in [0, 0.1) is 5.92 Å². The fourth-order valence-electron chi connectivity index (χ4n) is 4.05. The molecule has 6 heteroatoms. The Morgan fingerprint density at radius 1 is 1.31 bits per heavy atom. The summed E-state index contributed by atoms with van der Waals surface area (Å²) in [4.78, 5) is 19.3. The summed E-state index contributed by atoms with van der Waals surface area (Å²) >= 11 is 0. The van der Waals surface area contributed by atoms with Crippen molar-refractivity contribution in [2.45, 2.75) is 38.3 Å². The van der Waals surface area contributed by atoms with Crippen LogP contribution >= 0.6 is 0 Å². The van der Waals surface area contributed by atoms with Crippen molar-refractivity contribution in [2.24, 2.45) is 5.92 Å². The van der Waals surface area contributed by atoms with E-state index in [0.29, 0.717) is 0 Å². The number of rotatable bonds is 4. The number of benzene rings is 1. The van der Waals surface area contributed by atoms with E-state index in [9.17, 15) is 4.79 Å². The van der Waals surface area contributed by atoms with Crippen LogP contribution in [0.15, 0.2) is 36.8 Å². The van der Waals surface area contributed by atoms with E-state index in [4.69, 9.17) is 4.74 Å². The third kappa shape index (κ3) is 3.54. The topological polar surface area (TPSA) is 59.4 Å². The second-order valence-electron chi connectivity index (χ2n) is 7.26. The number of aryl methyl sites for hydroxylation is 1. The van der Waals surface area contributed by atoms with Crippen LogP contribution in [0.1, 0.15) is 25.0 Å². The Kier molecular flexibility index (Phi) is 4.82. The number of imidazole rings is 1. The van der Waals surface area contributed by atoms with Gasteiger partial charge >= 0.3 is 0 Å². The predicted molar refractivity (Wildman–Crippen MR) is 100 cm³/mol. The lowest BCUT2D eigenvalue weighted by Crippen LogP contribution is -2.50. The van der Waals surface area contributed by atoms with Gasteiger partial charge in [-0.3, -0.25) is 4.79 Å². The Labute approximate surface area is 154 Å². The number of methoxy groups -OCH3 is 1. The number of amides is 1. The molecule has 2 unspecified atom stereocenters. The first-order chi connectivity index (χ1) is 12.7. The first-order valence-corrected chi connectivity index (χ1v) is 9.41. The molecular formula is C20H26N4O2. The van der Waals surface area contributed by atoms with Gasteiger partial charge in [0.05, 0.1) is 13.4 Å². The minimum Gasteiger partial charge on any atom is -0.497 e. The van der Waals surface area contributed by atoms with Crippen molar-refractivity contribution < 1.29 is 9.53 Å². The van der Waals surface area contributed by atoms with E-state index in [2.05, 4.69) is 31.9 Å². The molecule has 2 atom stereocenters. The average molecular weight is 354 g/mol. The lowest BCUT2D eigenvalue weighted by atomic mass is 9.94. The normalized spacial score (nSPS) is 22.6. The molecule has 0 spiro atoms. The zero-order chi connectivity index (χ0) is 17.9. The summed E-state index contributed by atoms with van der Waals surface area (Å²) in [5, 5.41) is 3.30. The molecule has 1 saturated heterocycles. The standard InChI is InChI=1S/C20H26N4O2/c1-26-19-6-2-5-17(11-19)23-8-3-4-16(13-23)22-20(25)15-7-9-24-14-21-12-18(24)10-15/h2,5-6,11-12,14-16H,3-4,7-10,13H2,1H3,(H,22,25). The molecule has 3 heterocycles. The number of hydrogen-bond acceptors (Lipinski definition) is 4. The molecule has 138 valence electrons. The highest BCUT2D eigenvalue weighted by molar-refractivity contribution is 5.79. The van der Waals surface area contributed by atoms with E-state index in [-0.39, 0.29) is 17.9 Å². The number of anilines is 1. The monoisotopic (exact) mass is 354 g/mol. The zero-order valence-electron chi connectivity index (χ0n) is 15.2. The van der Waals surface area contributed by atoms with E-state index in [1.165, 1.54) is 0 Å². The maximum atomic E-state index is 12.8. The summed E-state index contributed by atoms with van der Waals surface area (Å²) in [7, 11) is 1.69. The van der Waals surface area contributed by atoms with Gasteiger partial charge in [-0.2, -0.15) is 0 Å². The van der Waals surface area contributed by atoms with Gasteiger partial charge in [0.25, 0.3) is 0 Å². The molecule has 2 aliphatic rings. The Balaban J connectivity index is 1.37. The number of fused-ring (bicyclic) bond motifs is 1. The smallest absolute Gasteiger partial charge is 0.223 e. The third-order valence-corrected chi connectivity index (χ3v) is 5.53. The van der Waals surface area contributed by atoms with Crippen LogP contribution in [0.4, 0.5) is 5.69 Å². The van der Waals surface area contributed by atoms with Crippen LogP contribution in [0.2, 0.25) is 0 Å². The number of ether oxygens (including phenoxy) is 1. The van der Waals surface area contributed by atoms with E-state index >= 15 is 0 Å². The molecule has 0 bridgehead atoms. The van der Waals surface area contributed by atoms with Gasteiger partial charge in [0.15, 0.2) is 0 Å². The van der Waals surface area contributed by atoms with Crippen molar-refractivity contribution in [1.29, 1.82) is 0 Å². The molecular weight excluding hydrogens is 328 g/mol. The lowest BCUT2D eigenvalue weighted by molar-refractivity contribution is -0.126. The van der Waals surface area contributed by atoms with Crippen molar-refractivity contribution in [1.82, 2.24) is 14.9 Å². The molecule has 2 aliphatic heterocycles. The number of carbonyl (C=O) groups excluding carboxylic acids is 1. The van der Waals surface area contributed by atoms with Crippen molar-refractivity contribution >= 4 is 11.6 Å². The minimum atomic E-state index is 0.0615. The van der Waals surface area contributed by atoms with Crippen LogP contribution < -0.4 is 15.0 Å². The molecule has 0 radical (unpaired) electrons. The Bertz CT molecular complexity index is 773. The highest BCUT2D eigenvalue weighted by atomic mass is 16.5. The number of piperidine rings is 1. The van der Waals surface area contributed by atoms with Crippen molar-refractivity contribution in [3.8, 4) is 5.75 Å². The predicted octanol–water partition coefficient (Wildman–Crippen LogP) is 2.24. The Morgan fingerprint density at radius 3 is 3.12 bits per heavy atom. The van der Waals surface area contributed by atoms with Crippen molar-refractivity contribution in [3.63, 3.8) is 0 Å². The Hall–Kier alpha value is -2.50. The SMILES string of the molecule is COc1cccc(N2CCCC(NC(=O)C3CCn4cncc4C3)C2)c1. The van der Waals surface area contributed by atoms with E-state index in [1.807, 2.05) is 24.7 Å². The van der Waals surface area contributed by atoms with Gasteiger partial charge in [-0.15, -0.1) is 0 Å². The molecule has 1 amide bonds. The summed E-state index contributed by atoms with van der Waals surface area (Å²) in [5.41, 5.74) is 2.32. The van der Waals surface area contributed by atoms with Gasteiger partial charge in [-0.1, -0.05) is 6.07 Å². The zero-order valence-corrected chi connectivity index (χ0v) is 15.2. The van der Waals surface area contributed by atoms with Crippen LogP contribution in [0.5, 0.6) is 5.75 Å². The summed E-state index contributed by atoms with van der Waals surface area (Å²) in [5.74, 6) is 1.12. The maximum Gasteiger partial charge on any atom is 0.223 e. The summed E-state index contributed by atoms with van der Waals surface area (Å²) < 4.78 is 7.48. The molecule has 1 N–H and O–H groups in total. The number of hydrogen-bond donors (Lipinski definition) is 1. The van der Waals surface area contributed by atoms with Gasteiger partial charge in [0, 0.05) is 61.7 Å². The van der Waals surface area contributed by atoms with Gasteiger partial charge < -0.3 is 19.5 Å². The molecule has 26 heavy (non-hydrogen) atoms. The second kappa shape index (κ2) is 7.40. The first-order valence-electron chi connectivity index (χ1n) is 9.41. The molecule has 4 rings (SSSR count). The van der Waals surface area contributed by atoms with E-state index < -0.39 is 0 Å². The molecule has 1 aromatic carbocycles. The van der Waals surface area contributed by atoms with E-state index in [0.717, 1.165) is 62.4 Å². The van der Waals surface area contributed by atoms with Gasteiger partial charge in [-0.25, -0.2) is 4.98 Å². The van der Waals surface area contributed by atoms with Crippen molar-refractivity contribution in [2.75, 3.05) is 25.1 Å². The average Bonchev–Trinajstić information content (AvgIpc) is 3.16. The van der Waals surface area contributed by atoms with Gasteiger partial charge in [0.1, 0.15) is 5.75 Å². The second-order valence-corrected chi connectivity index (χ2v) is 7.26. The molecule has 0 aliphatic carbocycles. The Morgan fingerprint density at radius 2 is 2.23 bits per heavy atom. The molecule has 1 aromatic heterocycles. The highest BCUT2D eigenvalue weighted by Gasteiger charge is 2.28. The lowest BCUT2D eigenvalue weighted by Gasteiger charge is -2.36. The third-order valence-electron chi connectivity index (χ3n) is 5.53. The van der Waals surface area contributed by atoms with Crippen LogP contribution in [0.3, 0.4) is 0 Å². The van der Waals surface area contributed by atoms with Gasteiger partial charge in [0.2, 0.25) is 5.91 Å². The first kappa shape index (κ1) is 16.9. The largest absolute Gasteiger partial charge is 0.497 e. The molecule has 6 nitrogen and oxygen atoms in total. The quantitative estimate of drug-likeness (QED) is 0.915. The van der Waals surface area contributed by atoms with Crippen LogP contribution in [0.25, 0.3) is 0 Å². The fourth-order valence-corrected chi connectivity index (χ4v) is 4.05. The number of nitrogens with one attached hydrogen (secondary N) is 1. The summed E-state index contributed by atoms with van der Waals surface area (Å²) in [6.45, 7) is 2.75.